The van der Waals surface area contributed by atoms with Crippen molar-refractivity contribution in [1.82, 2.24) is 5.16 Å². The summed E-state index contributed by atoms with van der Waals surface area (Å²) in [7, 11) is 0. The Bertz CT molecular complexity index is 471. The van der Waals surface area contributed by atoms with E-state index in [0.29, 0.717) is 30.4 Å². The van der Waals surface area contributed by atoms with Crippen molar-refractivity contribution in [3.63, 3.8) is 0 Å². The van der Waals surface area contributed by atoms with Crippen molar-refractivity contribution in [2.24, 2.45) is 0 Å². The van der Waals surface area contributed by atoms with Crippen LogP contribution in [-0.4, -0.2) is 11.8 Å². The highest BCUT2D eigenvalue weighted by Gasteiger charge is 2.02. The zero-order chi connectivity index (χ0) is 11.4. The van der Waals surface area contributed by atoms with E-state index in [1.807, 2.05) is 0 Å². The van der Waals surface area contributed by atoms with Crippen LogP contribution in [0.1, 0.15) is 5.76 Å². The van der Waals surface area contributed by atoms with E-state index in [1.54, 1.807) is 18.2 Å². The fourth-order valence-corrected chi connectivity index (χ4v) is 1.27. The zero-order valence-electron chi connectivity index (χ0n) is 8.52. The van der Waals surface area contributed by atoms with Crippen LogP contribution in [0, 0.1) is 5.82 Å². The Morgan fingerprint density at radius 3 is 2.94 bits per heavy atom. The summed E-state index contributed by atoms with van der Waals surface area (Å²) >= 11 is 0. The average Bonchev–Trinajstić information content (AvgIpc) is 2.64. The average molecular weight is 222 g/mol. The first-order valence-electron chi connectivity index (χ1n) is 4.83. The van der Waals surface area contributed by atoms with Crippen LogP contribution < -0.4 is 10.5 Å². The van der Waals surface area contributed by atoms with Gasteiger partial charge in [0.25, 0.3) is 0 Å². The van der Waals surface area contributed by atoms with Crippen molar-refractivity contribution in [1.29, 1.82) is 0 Å². The van der Waals surface area contributed by atoms with E-state index in [4.69, 9.17) is 15.0 Å². The number of hydrogen-bond donors (Lipinski definition) is 1. The van der Waals surface area contributed by atoms with Crippen molar-refractivity contribution in [3.05, 3.63) is 41.9 Å². The normalized spacial score (nSPS) is 10.3. The van der Waals surface area contributed by atoms with Crippen molar-refractivity contribution in [2.45, 2.75) is 6.42 Å². The summed E-state index contributed by atoms with van der Waals surface area (Å²) in [4.78, 5) is 0. The minimum absolute atomic E-state index is 0.318. The lowest BCUT2D eigenvalue weighted by Crippen LogP contribution is -2.00. The van der Waals surface area contributed by atoms with Crippen molar-refractivity contribution in [3.8, 4) is 5.75 Å². The molecule has 0 saturated carbocycles. The number of aromatic nitrogens is 1. The standard InChI is InChI=1S/C11H11FN2O2/c12-8-2-1-3-9(6-8)15-5-4-10-7-11(13)14-16-10/h1-3,6-7H,4-5H2,(H2,13,14). The molecular weight excluding hydrogens is 211 g/mol. The number of halogens is 1. The van der Waals surface area contributed by atoms with Crippen LogP contribution >= 0.6 is 0 Å². The van der Waals surface area contributed by atoms with E-state index in [1.165, 1.54) is 12.1 Å². The molecule has 0 fully saturated rings. The molecule has 0 bridgehead atoms. The SMILES string of the molecule is Nc1cc(CCOc2cccc(F)c2)on1. The fourth-order valence-electron chi connectivity index (χ4n) is 1.27. The van der Waals surface area contributed by atoms with E-state index in [0.717, 1.165) is 0 Å². The first-order valence-corrected chi connectivity index (χ1v) is 4.83. The van der Waals surface area contributed by atoms with Crippen LogP contribution in [0.25, 0.3) is 0 Å². The number of nitrogen functional groups attached to an aromatic ring is 1. The van der Waals surface area contributed by atoms with Crippen molar-refractivity contribution < 1.29 is 13.7 Å². The van der Waals surface area contributed by atoms with Gasteiger partial charge in [0.1, 0.15) is 17.3 Å². The van der Waals surface area contributed by atoms with Crippen LogP contribution in [0.15, 0.2) is 34.9 Å². The van der Waals surface area contributed by atoms with Crippen molar-refractivity contribution >= 4 is 5.82 Å². The second-order valence-corrected chi connectivity index (χ2v) is 3.27. The van der Waals surface area contributed by atoms with Gasteiger partial charge in [-0.3, -0.25) is 0 Å². The highest BCUT2D eigenvalue weighted by Crippen LogP contribution is 2.12. The van der Waals surface area contributed by atoms with E-state index < -0.39 is 0 Å². The molecule has 0 aliphatic rings. The van der Waals surface area contributed by atoms with Gasteiger partial charge in [0.2, 0.25) is 0 Å². The molecule has 0 aliphatic carbocycles. The lowest BCUT2D eigenvalue weighted by atomic mass is 10.3. The number of benzene rings is 1. The van der Waals surface area contributed by atoms with Gasteiger partial charge in [0.15, 0.2) is 5.82 Å². The zero-order valence-corrected chi connectivity index (χ0v) is 8.52. The van der Waals surface area contributed by atoms with Crippen LogP contribution in [-0.2, 0) is 6.42 Å². The summed E-state index contributed by atoms with van der Waals surface area (Å²) in [5, 5.41) is 3.54. The number of rotatable bonds is 4. The maximum Gasteiger partial charge on any atom is 0.167 e. The number of nitrogens with zero attached hydrogens (tertiary/aromatic N) is 1. The Morgan fingerprint density at radius 2 is 2.25 bits per heavy atom. The Hall–Kier alpha value is -2.04. The molecule has 1 aromatic heterocycles. The summed E-state index contributed by atoms with van der Waals surface area (Å²) in [5.41, 5.74) is 5.39. The van der Waals surface area contributed by atoms with E-state index in [2.05, 4.69) is 5.16 Å². The number of hydrogen-bond acceptors (Lipinski definition) is 4. The molecule has 2 rings (SSSR count). The first-order chi connectivity index (χ1) is 7.74. The van der Waals surface area contributed by atoms with Crippen LogP contribution in [0.2, 0.25) is 0 Å². The molecule has 16 heavy (non-hydrogen) atoms. The lowest BCUT2D eigenvalue weighted by Gasteiger charge is -2.03. The van der Waals surface area contributed by atoms with Crippen LogP contribution in [0.3, 0.4) is 0 Å². The molecule has 0 spiro atoms. The topological polar surface area (TPSA) is 61.3 Å². The summed E-state index contributed by atoms with van der Waals surface area (Å²) in [6.45, 7) is 0.387. The fraction of sp³-hybridized carbons (Fsp3) is 0.182. The molecule has 0 radical (unpaired) electrons. The predicted molar refractivity (Wildman–Crippen MR) is 56.5 cm³/mol. The number of anilines is 1. The van der Waals surface area contributed by atoms with Crippen LogP contribution in [0.4, 0.5) is 10.2 Å². The first kappa shape index (κ1) is 10.5. The highest BCUT2D eigenvalue weighted by atomic mass is 19.1. The Kier molecular flexibility index (Phi) is 3.05. The van der Waals surface area contributed by atoms with Gasteiger partial charge in [0.05, 0.1) is 6.61 Å². The molecule has 4 nitrogen and oxygen atoms in total. The summed E-state index contributed by atoms with van der Waals surface area (Å²) < 4.78 is 23.0. The van der Waals surface area contributed by atoms with Crippen LogP contribution in [0.5, 0.6) is 5.75 Å². The quantitative estimate of drug-likeness (QED) is 0.859. The predicted octanol–water partition coefficient (Wildman–Crippen LogP) is 2.02. The second-order valence-electron chi connectivity index (χ2n) is 3.27. The third kappa shape index (κ3) is 2.73. The summed E-state index contributed by atoms with van der Waals surface area (Å²) in [5.74, 6) is 1.17. The van der Waals surface area contributed by atoms with Gasteiger partial charge in [-0.25, -0.2) is 4.39 Å². The van der Waals surface area contributed by atoms with Gasteiger partial charge in [-0.05, 0) is 12.1 Å². The molecule has 84 valence electrons. The van der Waals surface area contributed by atoms with Gasteiger partial charge in [-0.2, -0.15) is 0 Å². The van der Waals surface area contributed by atoms with Gasteiger partial charge in [-0.15, -0.1) is 0 Å². The largest absolute Gasteiger partial charge is 0.493 e. The minimum atomic E-state index is -0.318. The third-order valence-corrected chi connectivity index (χ3v) is 1.99. The molecule has 0 unspecified atom stereocenters. The maximum atomic E-state index is 12.8. The van der Waals surface area contributed by atoms with Gasteiger partial charge >= 0.3 is 0 Å². The van der Waals surface area contributed by atoms with Crippen molar-refractivity contribution in [2.75, 3.05) is 12.3 Å². The minimum Gasteiger partial charge on any atom is -0.493 e. The number of nitrogens with two attached hydrogens (primary N) is 1. The molecule has 0 atom stereocenters. The van der Waals surface area contributed by atoms with E-state index >= 15 is 0 Å². The van der Waals surface area contributed by atoms with E-state index in [9.17, 15) is 4.39 Å². The summed E-state index contributed by atoms with van der Waals surface area (Å²) in [6.07, 6.45) is 0.542. The smallest absolute Gasteiger partial charge is 0.167 e. The molecule has 0 saturated heterocycles. The van der Waals surface area contributed by atoms with Gasteiger partial charge in [0, 0.05) is 18.6 Å². The molecule has 0 amide bonds. The Morgan fingerprint density at radius 1 is 1.38 bits per heavy atom. The molecule has 2 N–H and O–H groups in total. The Balaban J connectivity index is 1.84. The maximum absolute atomic E-state index is 12.8. The van der Waals surface area contributed by atoms with E-state index in [-0.39, 0.29) is 5.82 Å². The molecule has 5 heteroatoms. The Labute approximate surface area is 91.8 Å². The third-order valence-electron chi connectivity index (χ3n) is 1.99. The van der Waals surface area contributed by atoms with Gasteiger partial charge < -0.3 is 15.0 Å². The highest BCUT2D eigenvalue weighted by molar-refractivity contribution is 5.26. The molecular formula is C11H11FN2O2. The van der Waals surface area contributed by atoms with Gasteiger partial charge in [-0.1, -0.05) is 11.2 Å². The lowest BCUT2D eigenvalue weighted by molar-refractivity contribution is 0.295. The molecule has 2 aromatic rings. The number of ether oxygens (including phenoxy) is 1. The molecule has 1 aromatic carbocycles. The summed E-state index contributed by atoms with van der Waals surface area (Å²) in [6, 6.07) is 7.61. The molecule has 0 aliphatic heterocycles. The second kappa shape index (κ2) is 4.65. The molecule has 1 heterocycles. The monoisotopic (exact) mass is 222 g/mol.